The summed E-state index contributed by atoms with van der Waals surface area (Å²) in [5.74, 6) is 0.0974. The van der Waals surface area contributed by atoms with Gasteiger partial charge in [0, 0.05) is 11.6 Å². The standard InChI is InChI=1S/C10H9NO2S/c12-14(13)7-8-3-4-10-9(6-8)2-1-5-11-10/h1-6,14H,7H2. The highest BCUT2D eigenvalue weighted by Crippen LogP contribution is 2.13. The van der Waals surface area contributed by atoms with Crippen molar-refractivity contribution in [3.63, 3.8) is 0 Å². The molecule has 2 aromatic rings. The molecular formula is C10H9NO2S. The quantitative estimate of drug-likeness (QED) is 0.756. The molecule has 1 aromatic carbocycles. The third-order valence-corrected chi connectivity index (χ3v) is 2.60. The molecule has 0 radical (unpaired) electrons. The molecule has 72 valence electrons. The van der Waals surface area contributed by atoms with E-state index in [2.05, 4.69) is 4.98 Å². The van der Waals surface area contributed by atoms with Crippen molar-refractivity contribution in [1.29, 1.82) is 0 Å². The third-order valence-electron chi connectivity index (χ3n) is 1.98. The summed E-state index contributed by atoms with van der Waals surface area (Å²) in [5.41, 5.74) is 1.69. The smallest absolute Gasteiger partial charge is 0.144 e. The molecule has 0 aliphatic rings. The molecule has 0 spiro atoms. The van der Waals surface area contributed by atoms with Gasteiger partial charge in [0.25, 0.3) is 0 Å². The normalized spacial score (nSPS) is 10.9. The Morgan fingerprint density at radius 2 is 2.07 bits per heavy atom. The number of nitrogens with zero attached hydrogens (tertiary/aromatic N) is 1. The van der Waals surface area contributed by atoms with Gasteiger partial charge in [0.2, 0.25) is 0 Å². The van der Waals surface area contributed by atoms with Gasteiger partial charge in [-0.05, 0) is 23.8 Å². The van der Waals surface area contributed by atoms with Crippen LogP contribution in [0.3, 0.4) is 0 Å². The zero-order chi connectivity index (χ0) is 9.97. The van der Waals surface area contributed by atoms with Gasteiger partial charge >= 0.3 is 0 Å². The van der Waals surface area contributed by atoms with Gasteiger partial charge in [0.05, 0.1) is 11.3 Å². The molecule has 0 saturated heterocycles. The number of rotatable bonds is 2. The Labute approximate surface area is 83.4 Å². The van der Waals surface area contributed by atoms with Crippen molar-refractivity contribution in [3.05, 3.63) is 42.1 Å². The molecule has 0 bridgehead atoms. The maximum atomic E-state index is 10.5. The molecule has 0 amide bonds. The van der Waals surface area contributed by atoms with Crippen LogP contribution in [0.5, 0.6) is 0 Å². The number of pyridine rings is 1. The average Bonchev–Trinajstić information content (AvgIpc) is 2.17. The van der Waals surface area contributed by atoms with E-state index in [1.807, 2.05) is 24.3 Å². The van der Waals surface area contributed by atoms with Crippen molar-refractivity contribution in [3.8, 4) is 0 Å². The highest BCUT2D eigenvalue weighted by atomic mass is 32.2. The SMILES string of the molecule is O=[SH](=O)Cc1ccc2ncccc2c1. The Hall–Kier alpha value is -1.42. The first-order valence-electron chi connectivity index (χ1n) is 4.21. The van der Waals surface area contributed by atoms with E-state index in [1.54, 1.807) is 12.3 Å². The highest BCUT2D eigenvalue weighted by Gasteiger charge is 1.97. The molecule has 0 aliphatic carbocycles. The minimum Gasteiger partial charge on any atom is -0.256 e. The Morgan fingerprint density at radius 3 is 2.86 bits per heavy atom. The number of hydrogen-bond donors (Lipinski definition) is 1. The zero-order valence-electron chi connectivity index (χ0n) is 7.38. The summed E-state index contributed by atoms with van der Waals surface area (Å²) in [7, 11) is -2.35. The number of aromatic nitrogens is 1. The van der Waals surface area contributed by atoms with Crippen molar-refractivity contribution in [2.24, 2.45) is 0 Å². The van der Waals surface area contributed by atoms with Gasteiger partial charge in [-0.25, -0.2) is 8.42 Å². The molecule has 14 heavy (non-hydrogen) atoms. The van der Waals surface area contributed by atoms with Crippen molar-refractivity contribution in [1.82, 2.24) is 4.98 Å². The lowest BCUT2D eigenvalue weighted by molar-refractivity contribution is 0.614. The summed E-state index contributed by atoms with van der Waals surface area (Å²) in [4.78, 5) is 4.15. The maximum absolute atomic E-state index is 10.5. The fourth-order valence-corrected chi connectivity index (χ4v) is 1.87. The molecular weight excluding hydrogens is 198 g/mol. The summed E-state index contributed by atoms with van der Waals surface area (Å²) in [6.07, 6.45) is 1.72. The van der Waals surface area contributed by atoms with Gasteiger partial charge in [-0.1, -0.05) is 12.1 Å². The third kappa shape index (κ3) is 1.90. The molecule has 1 heterocycles. The van der Waals surface area contributed by atoms with Crippen LogP contribution >= 0.6 is 0 Å². The van der Waals surface area contributed by atoms with Crippen LogP contribution in [0.1, 0.15) is 5.56 Å². The minimum atomic E-state index is -2.35. The van der Waals surface area contributed by atoms with Gasteiger partial charge in [0.15, 0.2) is 0 Å². The molecule has 0 atom stereocenters. The van der Waals surface area contributed by atoms with Crippen LogP contribution in [0, 0.1) is 0 Å². The van der Waals surface area contributed by atoms with E-state index >= 15 is 0 Å². The van der Waals surface area contributed by atoms with E-state index in [4.69, 9.17) is 0 Å². The summed E-state index contributed by atoms with van der Waals surface area (Å²) in [6.45, 7) is 0. The van der Waals surface area contributed by atoms with Gasteiger partial charge in [-0.15, -0.1) is 0 Å². The molecule has 2 rings (SSSR count). The van der Waals surface area contributed by atoms with E-state index in [0.717, 1.165) is 16.5 Å². The van der Waals surface area contributed by atoms with Crippen molar-refractivity contribution < 1.29 is 8.42 Å². The fraction of sp³-hybridized carbons (Fsp3) is 0.100. The molecule has 0 aliphatic heterocycles. The molecule has 0 saturated carbocycles. The highest BCUT2D eigenvalue weighted by molar-refractivity contribution is 7.71. The predicted molar refractivity (Wildman–Crippen MR) is 55.8 cm³/mol. The van der Waals surface area contributed by atoms with Crippen LogP contribution in [-0.2, 0) is 16.5 Å². The monoisotopic (exact) mass is 207 g/mol. The molecule has 3 nitrogen and oxygen atoms in total. The Morgan fingerprint density at radius 1 is 1.21 bits per heavy atom. The molecule has 0 unspecified atom stereocenters. The van der Waals surface area contributed by atoms with Gasteiger partial charge in [-0.3, -0.25) is 4.98 Å². The van der Waals surface area contributed by atoms with Crippen molar-refractivity contribution >= 4 is 21.6 Å². The van der Waals surface area contributed by atoms with E-state index < -0.39 is 10.7 Å². The largest absolute Gasteiger partial charge is 0.256 e. The van der Waals surface area contributed by atoms with Gasteiger partial charge < -0.3 is 0 Å². The summed E-state index contributed by atoms with van der Waals surface area (Å²) >= 11 is 0. The first-order chi connectivity index (χ1) is 6.75. The summed E-state index contributed by atoms with van der Waals surface area (Å²) < 4.78 is 21.1. The lowest BCUT2D eigenvalue weighted by Crippen LogP contribution is -1.87. The fourth-order valence-electron chi connectivity index (χ4n) is 1.37. The van der Waals surface area contributed by atoms with E-state index in [0.29, 0.717) is 0 Å². The predicted octanol–water partition coefficient (Wildman–Crippen LogP) is 1.35. The second-order valence-electron chi connectivity index (χ2n) is 3.02. The van der Waals surface area contributed by atoms with Crippen LogP contribution in [0.4, 0.5) is 0 Å². The van der Waals surface area contributed by atoms with Crippen LogP contribution in [0.25, 0.3) is 10.9 Å². The van der Waals surface area contributed by atoms with Crippen molar-refractivity contribution in [2.45, 2.75) is 5.75 Å². The lowest BCUT2D eigenvalue weighted by atomic mass is 10.1. The number of fused-ring (bicyclic) bond motifs is 1. The zero-order valence-corrected chi connectivity index (χ0v) is 8.28. The Balaban J connectivity index is 2.51. The van der Waals surface area contributed by atoms with Crippen LogP contribution < -0.4 is 0 Å². The van der Waals surface area contributed by atoms with E-state index in [1.165, 1.54) is 0 Å². The number of benzene rings is 1. The number of thiol groups is 1. The van der Waals surface area contributed by atoms with Crippen LogP contribution in [0.15, 0.2) is 36.5 Å². The summed E-state index contributed by atoms with van der Waals surface area (Å²) in [5, 5.41) is 0.974. The van der Waals surface area contributed by atoms with E-state index in [-0.39, 0.29) is 5.75 Å². The van der Waals surface area contributed by atoms with Crippen molar-refractivity contribution in [2.75, 3.05) is 0 Å². The first kappa shape index (κ1) is 9.15. The topological polar surface area (TPSA) is 47.0 Å². The Kier molecular flexibility index (Phi) is 2.45. The first-order valence-corrected chi connectivity index (χ1v) is 5.57. The van der Waals surface area contributed by atoms with Gasteiger partial charge in [0.1, 0.15) is 10.7 Å². The molecule has 0 fully saturated rings. The second-order valence-corrected chi connectivity index (χ2v) is 4.00. The average molecular weight is 207 g/mol. The van der Waals surface area contributed by atoms with Crippen LogP contribution in [0.2, 0.25) is 0 Å². The molecule has 1 aromatic heterocycles. The lowest BCUT2D eigenvalue weighted by Gasteiger charge is -1.98. The molecule has 4 heteroatoms. The number of hydrogen-bond acceptors (Lipinski definition) is 3. The van der Waals surface area contributed by atoms with Crippen LogP contribution in [-0.4, -0.2) is 13.4 Å². The Bertz CT molecular complexity index is 526. The second kappa shape index (κ2) is 3.75. The minimum absolute atomic E-state index is 0.0974. The maximum Gasteiger partial charge on any atom is 0.144 e. The summed E-state index contributed by atoms with van der Waals surface area (Å²) in [6, 6.07) is 9.24. The van der Waals surface area contributed by atoms with E-state index in [9.17, 15) is 8.42 Å². The van der Waals surface area contributed by atoms with Gasteiger partial charge in [-0.2, -0.15) is 0 Å². The molecule has 0 N–H and O–H groups in total.